The van der Waals surface area contributed by atoms with Gasteiger partial charge in [-0.25, -0.2) is 0 Å². The van der Waals surface area contributed by atoms with Crippen molar-refractivity contribution in [2.24, 2.45) is 0 Å². The fraction of sp³-hybridized carbons (Fsp3) is 0.296. The lowest BCUT2D eigenvalue weighted by molar-refractivity contribution is -0.928. The van der Waals surface area contributed by atoms with Gasteiger partial charge in [-0.15, -0.1) is 0 Å². The molecule has 0 aliphatic carbocycles. The first-order valence-corrected chi connectivity index (χ1v) is 11.5. The fourth-order valence-corrected chi connectivity index (χ4v) is 5.15. The number of rotatable bonds is 3. The van der Waals surface area contributed by atoms with Gasteiger partial charge in [-0.1, -0.05) is 42.5 Å². The van der Waals surface area contributed by atoms with Crippen molar-refractivity contribution in [1.29, 1.82) is 0 Å². The molecule has 35 heavy (non-hydrogen) atoms. The van der Waals surface area contributed by atoms with Crippen LogP contribution in [0.1, 0.15) is 25.2 Å². The van der Waals surface area contributed by atoms with E-state index in [0.29, 0.717) is 23.9 Å². The smallest absolute Gasteiger partial charge is 0.450 e. The van der Waals surface area contributed by atoms with Gasteiger partial charge < -0.3 is 19.2 Å². The number of phenolic OH excluding ortho intramolecular Hbond substituents is 1. The monoisotopic (exact) mass is 484 g/mol. The number of aromatic hydroxyl groups is 1. The molecular formula is C27H25F3NO4+. The third kappa shape index (κ3) is 4.28. The minimum absolute atomic E-state index is 0.00231. The number of phenols is 1. The van der Waals surface area contributed by atoms with E-state index in [0.717, 1.165) is 4.90 Å². The van der Waals surface area contributed by atoms with Crippen LogP contribution in [-0.2, 0) is 17.5 Å². The predicted octanol–water partition coefficient (Wildman–Crippen LogP) is 4.53. The highest BCUT2D eigenvalue weighted by Gasteiger charge is 2.40. The van der Waals surface area contributed by atoms with Gasteiger partial charge in [-0.05, 0) is 42.3 Å². The van der Waals surface area contributed by atoms with Crippen LogP contribution < -0.4 is 10.3 Å². The van der Waals surface area contributed by atoms with Crippen LogP contribution in [0, 0.1) is 0 Å². The predicted molar refractivity (Wildman–Crippen MR) is 127 cm³/mol. The number of quaternary nitrogens is 1. The van der Waals surface area contributed by atoms with E-state index in [1.165, 1.54) is 18.2 Å². The number of benzene rings is 3. The third-order valence-electron chi connectivity index (χ3n) is 6.50. The van der Waals surface area contributed by atoms with Gasteiger partial charge >= 0.3 is 6.18 Å². The zero-order chi connectivity index (χ0) is 24.9. The largest absolute Gasteiger partial charge is 0.507 e. The summed E-state index contributed by atoms with van der Waals surface area (Å²) >= 11 is 0. The molecular weight excluding hydrogens is 459 g/mol. The summed E-state index contributed by atoms with van der Waals surface area (Å²) in [5, 5.41) is 11.8. The maximum absolute atomic E-state index is 14.3. The van der Waals surface area contributed by atoms with E-state index in [4.69, 9.17) is 9.15 Å². The van der Waals surface area contributed by atoms with Crippen molar-refractivity contribution >= 4 is 21.7 Å². The maximum Gasteiger partial charge on any atom is 0.450 e. The van der Waals surface area contributed by atoms with Crippen LogP contribution in [0.2, 0.25) is 0 Å². The first-order valence-electron chi connectivity index (χ1n) is 11.5. The van der Waals surface area contributed by atoms with Crippen molar-refractivity contribution in [1.82, 2.24) is 0 Å². The Morgan fingerprint density at radius 1 is 0.971 bits per heavy atom. The molecule has 1 aromatic heterocycles. The van der Waals surface area contributed by atoms with Crippen LogP contribution in [0.3, 0.4) is 0 Å². The minimum atomic E-state index is -4.92. The maximum atomic E-state index is 14.3. The Bertz CT molecular complexity index is 1460. The van der Waals surface area contributed by atoms with Crippen LogP contribution >= 0.6 is 0 Å². The van der Waals surface area contributed by atoms with E-state index in [1.807, 2.05) is 13.8 Å². The van der Waals surface area contributed by atoms with Crippen LogP contribution in [0.25, 0.3) is 32.9 Å². The molecule has 2 N–H and O–H groups in total. The fourth-order valence-electron chi connectivity index (χ4n) is 5.15. The standard InChI is InChI=1S/C27H24F3NO4/c1-15-12-31(13-16(2)34-15)14-21-22(32)11-10-20-24(33)23(26(27(28,29)30)35-25(20)21)19-9-5-7-17-6-3-4-8-18(17)19/h3-11,15-16,32H,12-14H2,1-2H3/p+1/t15-,16-/m0/s1. The van der Waals surface area contributed by atoms with Crippen molar-refractivity contribution in [3.8, 4) is 16.9 Å². The summed E-state index contributed by atoms with van der Waals surface area (Å²) < 4.78 is 54.2. The van der Waals surface area contributed by atoms with Gasteiger partial charge in [-0.3, -0.25) is 4.79 Å². The Kier molecular flexibility index (Phi) is 5.81. The summed E-state index contributed by atoms with van der Waals surface area (Å²) in [7, 11) is 0. The molecule has 5 nitrogen and oxygen atoms in total. The molecule has 8 heteroatoms. The summed E-state index contributed by atoms with van der Waals surface area (Å²) in [6, 6.07) is 14.5. The average Bonchev–Trinajstić information content (AvgIpc) is 2.79. The topological polar surface area (TPSA) is 64.1 Å². The van der Waals surface area contributed by atoms with Gasteiger partial charge in [0, 0.05) is 0 Å². The number of nitrogens with one attached hydrogen (secondary N) is 1. The molecule has 1 aliphatic rings. The second kappa shape index (κ2) is 8.70. The van der Waals surface area contributed by atoms with E-state index in [2.05, 4.69) is 0 Å². The lowest BCUT2D eigenvalue weighted by Crippen LogP contribution is -3.14. The molecule has 2 atom stereocenters. The molecule has 4 aromatic rings. The molecule has 0 bridgehead atoms. The molecule has 3 aromatic carbocycles. The Hall–Kier alpha value is -3.36. The molecule has 1 fully saturated rings. The first-order chi connectivity index (χ1) is 16.6. The van der Waals surface area contributed by atoms with E-state index >= 15 is 0 Å². The van der Waals surface area contributed by atoms with Crippen LogP contribution in [0.4, 0.5) is 13.2 Å². The van der Waals surface area contributed by atoms with Gasteiger partial charge in [0.2, 0.25) is 11.2 Å². The highest BCUT2D eigenvalue weighted by atomic mass is 19.4. The Balaban J connectivity index is 1.76. The quantitative estimate of drug-likeness (QED) is 0.449. The Labute approximate surface area is 199 Å². The second-order valence-corrected chi connectivity index (χ2v) is 9.19. The molecule has 0 spiro atoms. The summed E-state index contributed by atoms with van der Waals surface area (Å²) in [6.07, 6.45) is -5.00. The highest BCUT2D eigenvalue weighted by molar-refractivity contribution is 5.99. The summed E-state index contributed by atoms with van der Waals surface area (Å²) in [4.78, 5) is 14.7. The van der Waals surface area contributed by atoms with Crippen LogP contribution in [0.15, 0.2) is 63.8 Å². The van der Waals surface area contributed by atoms with Gasteiger partial charge in [0.1, 0.15) is 37.6 Å². The average molecular weight is 484 g/mol. The molecule has 5 rings (SSSR count). The summed E-state index contributed by atoms with van der Waals surface area (Å²) in [5.41, 5.74) is -1.20. The Morgan fingerprint density at radius 3 is 2.37 bits per heavy atom. The van der Waals surface area contributed by atoms with Crippen molar-refractivity contribution < 1.29 is 32.3 Å². The van der Waals surface area contributed by atoms with Gasteiger partial charge in [0.25, 0.3) is 0 Å². The second-order valence-electron chi connectivity index (χ2n) is 9.19. The molecule has 1 saturated heterocycles. The molecule has 2 heterocycles. The molecule has 0 saturated carbocycles. The van der Waals surface area contributed by atoms with E-state index < -0.39 is 22.9 Å². The SMILES string of the molecule is C[C@H]1C[NH+](Cc2c(O)ccc3c(=O)c(-c4cccc5ccccc45)c(C(F)(F)F)oc23)C[C@H](C)O1. The van der Waals surface area contributed by atoms with Gasteiger partial charge in [0.15, 0.2) is 5.58 Å². The van der Waals surface area contributed by atoms with Crippen molar-refractivity contribution in [2.75, 3.05) is 13.1 Å². The summed E-state index contributed by atoms with van der Waals surface area (Å²) in [6.45, 7) is 5.29. The van der Waals surface area contributed by atoms with Gasteiger partial charge in [0.05, 0.1) is 16.5 Å². The lowest BCUT2D eigenvalue weighted by Gasteiger charge is -2.32. The van der Waals surface area contributed by atoms with Gasteiger partial charge in [-0.2, -0.15) is 13.2 Å². The van der Waals surface area contributed by atoms with E-state index in [-0.39, 0.29) is 46.6 Å². The number of morpholine rings is 1. The van der Waals surface area contributed by atoms with Crippen LogP contribution in [-0.4, -0.2) is 30.4 Å². The molecule has 0 radical (unpaired) electrons. The van der Waals surface area contributed by atoms with E-state index in [9.17, 15) is 23.1 Å². The molecule has 182 valence electrons. The molecule has 0 amide bonds. The highest BCUT2D eigenvalue weighted by Crippen LogP contribution is 2.40. The lowest BCUT2D eigenvalue weighted by atomic mass is 9.95. The summed E-state index contributed by atoms with van der Waals surface area (Å²) in [5.74, 6) is -1.57. The Morgan fingerprint density at radius 2 is 1.66 bits per heavy atom. The zero-order valence-corrected chi connectivity index (χ0v) is 19.3. The van der Waals surface area contributed by atoms with Crippen molar-refractivity contribution in [2.45, 2.75) is 38.8 Å². The third-order valence-corrected chi connectivity index (χ3v) is 6.50. The number of fused-ring (bicyclic) bond motifs is 2. The van der Waals surface area contributed by atoms with Crippen molar-refractivity contribution in [3.05, 3.63) is 76.1 Å². The number of hydrogen-bond acceptors (Lipinski definition) is 4. The number of alkyl halides is 3. The normalized spacial score (nSPS) is 21.0. The van der Waals surface area contributed by atoms with E-state index in [1.54, 1.807) is 36.4 Å². The number of halogens is 3. The van der Waals surface area contributed by atoms with Crippen molar-refractivity contribution in [3.63, 3.8) is 0 Å². The molecule has 1 aliphatic heterocycles. The first kappa shape index (κ1) is 23.4. The van der Waals surface area contributed by atoms with Crippen LogP contribution in [0.5, 0.6) is 5.75 Å². The number of ether oxygens (including phenoxy) is 1. The number of hydrogen-bond donors (Lipinski definition) is 2. The zero-order valence-electron chi connectivity index (χ0n) is 19.3. The molecule has 0 unspecified atom stereocenters. The minimum Gasteiger partial charge on any atom is -0.507 e.